The highest BCUT2D eigenvalue weighted by molar-refractivity contribution is 14.0. The Morgan fingerprint density at radius 2 is 1.75 bits per heavy atom. The van der Waals surface area contributed by atoms with Crippen LogP contribution in [0.5, 0.6) is 0 Å². The first-order valence-electron chi connectivity index (χ1n) is 7.29. The lowest BCUT2D eigenvalue weighted by atomic mass is 10.2. The van der Waals surface area contributed by atoms with E-state index in [0.29, 0.717) is 18.7 Å². The molecule has 6 heteroatoms. The highest BCUT2D eigenvalue weighted by Crippen LogP contribution is 2.03. The first-order valence-corrected chi connectivity index (χ1v) is 7.29. The molecule has 20 heavy (non-hydrogen) atoms. The van der Waals surface area contributed by atoms with Gasteiger partial charge in [-0.05, 0) is 34.6 Å². The fourth-order valence-electron chi connectivity index (χ4n) is 2.00. The summed E-state index contributed by atoms with van der Waals surface area (Å²) in [7, 11) is 1.70. The van der Waals surface area contributed by atoms with Gasteiger partial charge in [0.05, 0.1) is 13.2 Å². The summed E-state index contributed by atoms with van der Waals surface area (Å²) >= 11 is 0. The van der Waals surface area contributed by atoms with Crippen LogP contribution in [0.4, 0.5) is 0 Å². The van der Waals surface area contributed by atoms with Crippen molar-refractivity contribution in [1.82, 2.24) is 15.5 Å². The Hall–Kier alpha value is -0.0800. The molecule has 5 nitrogen and oxygen atoms in total. The lowest BCUT2D eigenvalue weighted by molar-refractivity contribution is 0.181. The van der Waals surface area contributed by atoms with Crippen molar-refractivity contribution >= 4 is 29.9 Å². The first-order chi connectivity index (χ1) is 9.02. The fourth-order valence-corrected chi connectivity index (χ4v) is 2.00. The minimum atomic E-state index is 0. The van der Waals surface area contributed by atoms with Crippen molar-refractivity contribution in [2.75, 3.05) is 39.9 Å². The Morgan fingerprint density at radius 3 is 2.20 bits per heavy atom. The zero-order valence-corrected chi connectivity index (χ0v) is 16.2. The molecule has 0 atom stereocenters. The summed E-state index contributed by atoms with van der Waals surface area (Å²) in [6, 6.07) is 1.11. The summed E-state index contributed by atoms with van der Waals surface area (Å²) in [6.07, 6.45) is 0. The number of nitrogens with one attached hydrogen (secondary N) is 2. The number of halogens is 1. The molecule has 2 N–H and O–H groups in total. The topological polar surface area (TPSA) is 48.9 Å². The average molecular weight is 400 g/mol. The van der Waals surface area contributed by atoms with Crippen molar-refractivity contribution in [1.29, 1.82) is 0 Å². The highest BCUT2D eigenvalue weighted by Gasteiger charge is 2.12. The summed E-state index contributed by atoms with van der Waals surface area (Å²) in [5.41, 5.74) is 0. The van der Waals surface area contributed by atoms with Crippen LogP contribution in [0.25, 0.3) is 0 Å². The second-order valence-electron chi connectivity index (χ2n) is 5.11. The maximum Gasteiger partial charge on any atom is 0.191 e. The van der Waals surface area contributed by atoms with Crippen molar-refractivity contribution in [3.8, 4) is 0 Å². The SMILES string of the molecule is CCNC(=NCCN(C(C)C)C(C)C)NCCOC.I. The van der Waals surface area contributed by atoms with Gasteiger partial charge in [0.25, 0.3) is 0 Å². The van der Waals surface area contributed by atoms with E-state index >= 15 is 0 Å². The van der Waals surface area contributed by atoms with Gasteiger partial charge < -0.3 is 15.4 Å². The summed E-state index contributed by atoms with van der Waals surface area (Å²) in [5, 5.41) is 6.49. The largest absolute Gasteiger partial charge is 0.383 e. The van der Waals surface area contributed by atoms with Gasteiger partial charge in [-0.2, -0.15) is 0 Å². The van der Waals surface area contributed by atoms with Gasteiger partial charge in [-0.15, -0.1) is 24.0 Å². The smallest absolute Gasteiger partial charge is 0.191 e. The second kappa shape index (κ2) is 13.9. The Balaban J connectivity index is 0. The Morgan fingerprint density at radius 1 is 1.15 bits per heavy atom. The number of hydrogen-bond donors (Lipinski definition) is 2. The molecule has 0 aliphatic rings. The molecule has 0 amide bonds. The predicted octanol–water partition coefficient (Wildman–Crippen LogP) is 1.92. The molecule has 0 aliphatic carbocycles. The van der Waals surface area contributed by atoms with Crippen LogP contribution in [0.3, 0.4) is 0 Å². The summed E-state index contributed by atoms with van der Waals surface area (Å²) in [4.78, 5) is 7.03. The van der Waals surface area contributed by atoms with E-state index < -0.39 is 0 Å². The van der Waals surface area contributed by atoms with E-state index in [1.807, 2.05) is 0 Å². The van der Waals surface area contributed by atoms with Crippen LogP contribution >= 0.6 is 24.0 Å². The Bertz CT molecular complexity index is 239. The van der Waals surface area contributed by atoms with Crippen LogP contribution in [0, 0.1) is 0 Å². The first kappa shape index (κ1) is 22.2. The molecule has 0 aliphatic heterocycles. The standard InChI is InChI=1S/C14H32N4O.HI/c1-7-15-14(17-9-11-19-6)16-8-10-18(12(2)3)13(4)5;/h12-13H,7-11H2,1-6H3,(H2,15,16,17);1H. The molecule has 0 saturated heterocycles. The van der Waals surface area contributed by atoms with E-state index in [1.165, 1.54) is 0 Å². The van der Waals surface area contributed by atoms with Crippen LogP contribution in [0.15, 0.2) is 4.99 Å². The summed E-state index contributed by atoms with van der Waals surface area (Å²) in [6.45, 7) is 15.1. The molecule has 0 unspecified atom stereocenters. The van der Waals surface area contributed by atoms with Crippen LogP contribution in [-0.4, -0.2) is 62.8 Å². The Kier molecular flexibility index (Phi) is 15.4. The normalized spacial score (nSPS) is 11.9. The van der Waals surface area contributed by atoms with Crippen molar-refractivity contribution in [3.05, 3.63) is 0 Å². The van der Waals surface area contributed by atoms with Gasteiger partial charge in [0.2, 0.25) is 0 Å². The maximum atomic E-state index is 5.02. The van der Waals surface area contributed by atoms with E-state index in [1.54, 1.807) is 7.11 Å². The molecular weight excluding hydrogens is 367 g/mol. The minimum Gasteiger partial charge on any atom is -0.383 e. The molecule has 0 saturated carbocycles. The van der Waals surface area contributed by atoms with Crippen molar-refractivity contribution in [3.63, 3.8) is 0 Å². The predicted molar refractivity (Wildman–Crippen MR) is 98.3 cm³/mol. The second-order valence-corrected chi connectivity index (χ2v) is 5.11. The molecule has 0 aromatic rings. The van der Waals surface area contributed by atoms with E-state index in [4.69, 9.17) is 4.74 Å². The van der Waals surface area contributed by atoms with E-state index in [-0.39, 0.29) is 24.0 Å². The van der Waals surface area contributed by atoms with Gasteiger partial charge in [-0.25, -0.2) is 0 Å². The molecular formula is C14H33IN4O. The number of guanidine groups is 1. The number of rotatable bonds is 9. The van der Waals surface area contributed by atoms with Gasteiger partial charge in [-0.1, -0.05) is 0 Å². The lowest BCUT2D eigenvalue weighted by Crippen LogP contribution is -2.41. The average Bonchev–Trinajstić information content (AvgIpc) is 2.33. The molecule has 0 spiro atoms. The molecule has 0 aromatic carbocycles. The molecule has 0 rings (SSSR count). The van der Waals surface area contributed by atoms with E-state index in [9.17, 15) is 0 Å². The highest BCUT2D eigenvalue weighted by atomic mass is 127. The molecule has 0 fully saturated rings. The van der Waals surface area contributed by atoms with E-state index in [2.05, 4.69) is 55.1 Å². The maximum absolute atomic E-state index is 5.02. The van der Waals surface area contributed by atoms with Gasteiger partial charge in [0, 0.05) is 38.8 Å². The summed E-state index contributed by atoms with van der Waals surface area (Å²) < 4.78 is 5.02. The van der Waals surface area contributed by atoms with Crippen molar-refractivity contribution < 1.29 is 4.74 Å². The number of aliphatic imine (C=N–C) groups is 1. The zero-order chi connectivity index (χ0) is 14.7. The van der Waals surface area contributed by atoms with E-state index in [0.717, 1.165) is 32.1 Å². The van der Waals surface area contributed by atoms with Gasteiger partial charge in [0.15, 0.2) is 5.96 Å². The number of ether oxygens (including phenoxy) is 1. The number of methoxy groups -OCH3 is 1. The third kappa shape index (κ3) is 10.7. The summed E-state index contributed by atoms with van der Waals surface area (Å²) in [5.74, 6) is 0.868. The Labute approximate surface area is 141 Å². The molecule has 0 heterocycles. The minimum absolute atomic E-state index is 0. The van der Waals surface area contributed by atoms with Crippen LogP contribution in [0.2, 0.25) is 0 Å². The van der Waals surface area contributed by atoms with Gasteiger partial charge in [-0.3, -0.25) is 9.89 Å². The van der Waals surface area contributed by atoms with Crippen LogP contribution in [-0.2, 0) is 4.74 Å². The monoisotopic (exact) mass is 400 g/mol. The molecule has 0 aromatic heterocycles. The van der Waals surface area contributed by atoms with Crippen LogP contribution in [0.1, 0.15) is 34.6 Å². The third-order valence-corrected chi connectivity index (χ3v) is 2.90. The van der Waals surface area contributed by atoms with Gasteiger partial charge in [0.1, 0.15) is 0 Å². The molecule has 0 bridgehead atoms. The number of hydrogen-bond acceptors (Lipinski definition) is 3. The quantitative estimate of drug-likeness (QED) is 0.269. The third-order valence-electron chi connectivity index (χ3n) is 2.90. The molecule has 0 radical (unpaired) electrons. The van der Waals surface area contributed by atoms with Gasteiger partial charge >= 0.3 is 0 Å². The lowest BCUT2D eigenvalue weighted by Gasteiger charge is -2.29. The van der Waals surface area contributed by atoms with Crippen molar-refractivity contribution in [2.45, 2.75) is 46.7 Å². The fraction of sp³-hybridized carbons (Fsp3) is 0.929. The zero-order valence-electron chi connectivity index (χ0n) is 13.9. The molecule has 122 valence electrons. The number of nitrogens with zero attached hydrogens (tertiary/aromatic N) is 2. The van der Waals surface area contributed by atoms with Crippen molar-refractivity contribution in [2.24, 2.45) is 4.99 Å². The van der Waals surface area contributed by atoms with Crippen LogP contribution < -0.4 is 10.6 Å².